The molecular formula is C25H25NO5. The number of fused-ring (bicyclic) bond motifs is 1. The van der Waals surface area contributed by atoms with E-state index in [9.17, 15) is 15.2 Å². The summed E-state index contributed by atoms with van der Waals surface area (Å²) in [5.74, 6) is -1.57. The molecule has 31 heavy (non-hydrogen) atoms. The van der Waals surface area contributed by atoms with Crippen molar-refractivity contribution in [2.45, 2.75) is 5.92 Å². The van der Waals surface area contributed by atoms with Gasteiger partial charge in [-0.2, -0.15) is 5.26 Å². The van der Waals surface area contributed by atoms with E-state index in [1.807, 2.05) is 54.6 Å². The van der Waals surface area contributed by atoms with Gasteiger partial charge in [0, 0.05) is 18.6 Å². The zero-order valence-electron chi connectivity index (χ0n) is 17.6. The first-order chi connectivity index (χ1) is 15.1. The zero-order chi connectivity index (χ0) is 22.3. The second-order valence-corrected chi connectivity index (χ2v) is 7.18. The number of carboxylic acid groups (broad SMARTS) is 1. The van der Waals surface area contributed by atoms with Crippen LogP contribution in [0.5, 0.6) is 5.75 Å². The first kappa shape index (κ1) is 22.3. The van der Waals surface area contributed by atoms with Gasteiger partial charge in [-0.25, -0.2) is 0 Å². The number of carboxylic acids is 1. The molecule has 0 spiro atoms. The molecule has 0 heterocycles. The van der Waals surface area contributed by atoms with Crippen molar-refractivity contribution in [1.82, 2.24) is 0 Å². The first-order valence-corrected chi connectivity index (χ1v) is 9.91. The summed E-state index contributed by atoms with van der Waals surface area (Å²) in [7, 11) is 3.06. The number of aliphatic carboxylic acids is 1. The molecule has 0 aliphatic rings. The number of carbonyl (C=O) groups is 1. The fraction of sp³-hybridized carbons (Fsp3) is 0.280. The monoisotopic (exact) mass is 419 g/mol. The lowest BCUT2D eigenvalue weighted by atomic mass is 9.68. The number of hydrogen-bond donors (Lipinski definition) is 1. The van der Waals surface area contributed by atoms with Crippen molar-refractivity contribution in [3.05, 3.63) is 77.9 Å². The van der Waals surface area contributed by atoms with Gasteiger partial charge in [0.25, 0.3) is 0 Å². The molecule has 0 radical (unpaired) electrons. The van der Waals surface area contributed by atoms with Crippen molar-refractivity contribution in [2.75, 3.05) is 34.0 Å². The second kappa shape index (κ2) is 10.1. The highest BCUT2D eigenvalue weighted by atomic mass is 16.5. The molecule has 3 aromatic carbocycles. The average Bonchev–Trinajstić information content (AvgIpc) is 2.81. The van der Waals surface area contributed by atoms with E-state index in [4.69, 9.17) is 14.2 Å². The minimum Gasteiger partial charge on any atom is -0.496 e. The number of nitrogens with zero attached hydrogens (tertiary/aromatic N) is 1. The van der Waals surface area contributed by atoms with Crippen LogP contribution in [0.4, 0.5) is 0 Å². The predicted octanol–water partition coefficient (Wildman–Crippen LogP) is 4.24. The summed E-state index contributed by atoms with van der Waals surface area (Å²) < 4.78 is 16.2. The number of para-hydroxylation sites is 1. The maximum absolute atomic E-state index is 12.7. The molecule has 160 valence electrons. The van der Waals surface area contributed by atoms with Crippen molar-refractivity contribution in [1.29, 1.82) is 5.26 Å². The third kappa shape index (κ3) is 4.38. The molecule has 0 saturated heterocycles. The van der Waals surface area contributed by atoms with Gasteiger partial charge in [0.05, 0.1) is 33.0 Å². The molecule has 6 heteroatoms. The van der Waals surface area contributed by atoms with Gasteiger partial charge in [0.2, 0.25) is 0 Å². The van der Waals surface area contributed by atoms with Gasteiger partial charge in [0.1, 0.15) is 5.75 Å². The number of benzene rings is 3. The molecule has 2 atom stereocenters. The van der Waals surface area contributed by atoms with Gasteiger partial charge in [0.15, 0.2) is 5.41 Å². The lowest BCUT2D eigenvalue weighted by Crippen LogP contribution is -2.41. The first-order valence-electron chi connectivity index (χ1n) is 9.91. The molecule has 1 unspecified atom stereocenters. The maximum Gasteiger partial charge on any atom is 0.327 e. The summed E-state index contributed by atoms with van der Waals surface area (Å²) in [6.07, 6.45) is 0. The van der Waals surface area contributed by atoms with E-state index in [2.05, 4.69) is 6.07 Å². The quantitative estimate of drug-likeness (QED) is 0.495. The van der Waals surface area contributed by atoms with Crippen LogP contribution in [-0.4, -0.2) is 45.1 Å². The summed E-state index contributed by atoms with van der Waals surface area (Å²) in [6.45, 7) is 0.185. The van der Waals surface area contributed by atoms with E-state index in [0.717, 1.165) is 16.3 Å². The van der Waals surface area contributed by atoms with Crippen LogP contribution in [0.1, 0.15) is 17.0 Å². The molecule has 3 rings (SSSR count). The minimum atomic E-state index is -1.88. The molecule has 0 saturated carbocycles. The van der Waals surface area contributed by atoms with Crippen molar-refractivity contribution < 1.29 is 24.1 Å². The largest absolute Gasteiger partial charge is 0.496 e. The molecule has 0 fully saturated rings. The summed E-state index contributed by atoms with van der Waals surface area (Å²) >= 11 is 0. The van der Waals surface area contributed by atoms with Gasteiger partial charge >= 0.3 is 5.97 Å². The molecule has 0 aliphatic carbocycles. The van der Waals surface area contributed by atoms with Crippen LogP contribution in [0.3, 0.4) is 0 Å². The SMILES string of the molecule is COCCOC[C@](C#N)(C(=O)O)C(c1ccccc1OC)c1cccc2ccccc12. The maximum atomic E-state index is 12.7. The molecule has 1 N–H and O–H groups in total. The Bertz CT molecular complexity index is 1090. The van der Waals surface area contributed by atoms with Gasteiger partial charge in [-0.3, -0.25) is 4.79 Å². The van der Waals surface area contributed by atoms with Gasteiger partial charge in [-0.15, -0.1) is 0 Å². The smallest absolute Gasteiger partial charge is 0.327 e. The fourth-order valence-corrected chi connectivity index (χ4v) is 3.89. The molecule has 6 nitrogen and oxygen atoms in total. The molecule has 0 aromatic heterocycles. The lowest BCUT2D eigenvalue weighted by Gasteiger charge is -2.33. The molecule has 0 amide bonds. The Hall–Kier alpha value is -3.40. The van der Waals surface area contributed by atoms with E-state index in [1.165, 1.54) is 14.2 Å². The molecule has 3 aromatic rings. The molecular weight excluding hydrogens is 394 g/mol. The summed E-state index contributed by atoms with van der Waals surface area (Å²) in [6, 6.07) is 22.7. The Kier molecular flexibility index (Phi) is 7.24. The fourth-order valence-electron chi connectivity index (χ4n) is 3.89. The average molecular weight is 419 g/mol. The normalized spacial score (nSPS) is 13.8. The number of methoxy groups -OCH3 is 2. The van der Waals surface area contributed by atoms with E-state index in [-0.39, 0.29) is 13.2 Å². The van der Waals surface area contributed by atoms with Crippen molar-refractivity contribution in [3.63, 3.8) is 0 Å². The number of nitriles is 1. The van der Waals surface area contributed by atoms with Crippen LogP contribution in [0.15, 0.2) is 66.7 Å². The van der Waals surface area contributed by atoms with Crippen LogP contribution < -0.4 is 4.74 Å². The Morgan fingerprint density at radius 1 is 1.00 bits per heavy atom. The van der Waals surface area contributed by atoms with Crippen LogP contribution in [-0.2, 0) is 14.3 Å². The van der Waals surface area contributed by atoms with E-state index in [0.29, 0.717) is 17.9 Å². The zero-order valence-corrected chi connectivity index (χ0v) is 17.6. The number of rotatable bonds is 10. The number of ether oxygens (including phenoxy) is 3. The van der Waals surface area contributed by atoms with Gasteiger partial charge < -0.3 is 19.3 Å². The van der Waals surface area contributed by atoms with Crippen LogP contribution in [0.2, 0.25) is 0 Å². The Morgan fingerprint density at radius 3 is 2.39 bits per heavy atom. The molecule has 0 aliphatic heterocycles. The highest BCUT2D eigenvalue weighted by molar-refractivity contribution is 5.89. The lowest BCUT2D eigenvalue weighted by molar-refractivity contribution is -0.149. The summed E-state index contributed by atoms with van der Waals surface area (Å²) in [5.41, 5.74) is -0.547. The van der Waals surface area contributed by atoms with Gasteiger partial charge in [-0.1, -0.05) is 60.7 Å². The topological polar surface area (TPSA) is 88.8 Å². The third-order valence-electron chi connectivity index (χ3n) is 5.42. The second-order valence-electron chi connectivity index (χ2n) is 7.18. The van der Waals surface area contributed by atoms with Crippen molar-refractivity contribution in [2.24, 2.45) is 5.41 Å². The Balaban J connectivity index is 2.28. The van der Waals surface area contributed by atoms with Crippen LogP contribution in [0, 0.1) is 16.7 Å². The summed E-state index contributed by atoms with van der Waals surface area (Å²) in [4.78, 5) is 12.7. The van der Waals surface area contributed by atoms with E-state index >= 15 is 0 Å². The number of hydrogen-bond acceptors (Lipinski definition) is 5. The predicted molar refractivity (Wildman–Crippen MR) is 117 cm³/mol. The van der Waals surface area contributed by atoms with Gasteiger partial charge in [-0.05, 0) is 22.4 Å². The van der Waals surface area contributed by atoms with Crippen LogP contribution >= 0.6 is 0 Å². The van der Waals surface area contributed by atoms with Crippen molar-refractivity contribution in [3.8, 4) is 11.8 Å². The van der Waals surface area contributed by atoms with Crippen molar-refractivity contribution >= 4 is 16.7 Å². The van der Waals surface area contributed by atoms with E-state index < -0.39 is 17.3 Å². The Morgan fingerprint density at radius 2 is 1.68 bits per heavy atom. The standard InChI is InChI=1S/C25H25NO5/c1-29-14-15-31-17-25(16-26,24(27)28)23(21-11-5-6-13-22(21)30-2)20-12-7-9-18-8-3-4-10-19(18)20/h3-13,23H,14-15,17H2,1-2H3,(H,27,28)/t23?,25-/m0/s1. The third-order valence-corrected chi connectivity index (χ3v) is 5.42. The highest BCUT2D eigenvalue weighted by Crippen LogP contribution is 2.47. The molecule has 0 bridgehead atoms. The van der Waals surface area contributed by atoms with Crippen LogP contribution in [0.25, 0.3) is 10.8 Å². The Labute approximate surface area is 181 Å². The van der Waals surface area contributed by atoms with E-state index in [1.54, 1.807) is 12.1 Å². The summed E-state index contributed by atoms with van der Waals surface area (Å²) in [5, 5.41) is 22.4. The minimum absolute atomic E-state index is 0.182. The highest BCUT2D eigenvalue weighted by Gasteiger charge is 2.50.